The third kappa shape index (κ3) is 5.38. The molecule has 0 aliphatic rings. The SMILES string of the molecule is CCCNc1ccc2c(=O)n(-c3ccc(CC(=O)CS(=O)(=O)c4ccc(Cl)s4)cc3)cnc2c1. The molecule has 0 fully saturated rings. The highest BCUT2D eigenvalue weighted by atomic mass is 35.5. The molecule has 0 bridgehead atoms. The Hall–Kier alpha value is -3.01. The number of anilines is 1. The van der Waals surface area contributed by atoms with E-state index >= 15 is 0 Å². The van der Waals surface area contributed by atoms with Crippen LogP contribution in [-0.2, 0) is 21.1 Å². The zero-order valence-corrected chi connectivity index (χ0v) is 20.7. The van der Waals surface area contributed by atoms with Gasteiger partial charge in [0.2, 0.25) is 0 Å². The van der Waals surface area contributed by atoms with Gasteiger partial charge in [-0.3, -0.25) is 14.2 Å². The zero-order chi connectivity index (χ0) is 24.3. The molecular weight excluding hydrogens is 494 g/mol. The van der Waals surface area contributed by atoms with Crippen molar-refractivity contribution in [3.8, 4) is 5.69 Å². The van der Waals surface area contributed by atoms with Crippen LogP contribution in [-0.4, -0.2) is 36.0 Å². The predicted molar refractivity (Wildman–Crippen MR) is 136 cm³/mol. The van der Waals surface area contributed by atoms with Gasteiger partial charge in [0, 0.05) is 18.7 Å². The normalized spacial score (nSPS) is 11.6. The minimum absolute atomic E-state index is 0.0307. The van der Waals surface area contributed by atoms with Crippen LogP contribution in [0, 0.1) is 0 Å². The van der Waals surface area contributed by atoms with Crippen molar-refractivity contribution < 1.29 is 13.2 Å². The Bertz CT molecular complexity index is 1510. The highest BCUT2D eigenvalue weighted by molar-refractivity contribution is 7.94. The third-order valence-corrected chi connectivity index (χ3v) is 8.65. The molecule has 2 aromatic carbocycles. The van der Waals surface area contributed by atoms with Crippen LogP contribution in [0.5, 0.6) is 0 Å². The number of nitrogens with one attached hydrogen (secondary N) is 1. The molecule has 0 amide bonds. The van der Waals surface area contributed by atoms with E-state index in [1.807, 2.05) is 12.1 Å². The molecule has 176 valence electrons. The van der Waals surface area contributed by atoms with Crippen LogP contribution < -0.4 is 10.9 Å². The van der Waals surface area contributed by atoms with Crippen LogP contribution in [0.3, 0.4) is 0 Å². The van der Waals surface area contributed by atoms with E-state index in [9.17, 15) is 18.0 Å². The van der Waals surface area contributed by atoms with E-state index in [-0.39, 0.29) is 16.2 Å². The first-order chi connectivity index (χ1) is 16.3. The Labute approximate surface area is 206 Å². The van der Waals surface area contributed by atoms with E-state index in [1.165, 1.54) is 23.0 Å². The molecule has 0 aliphatic carbocycles. The van der Waals surface area contributed by atoms with Gasteiger partial charge in [-0.05, 0) is 54.4 Å². The maximum atomic E-state index is 13.0. The summed E-state index contributed by atoms with van der Waals surface area (Å²) in [5.41, 5.74) is 2.58. The van der Waals surface area contributed by atoms with Gasteiger partial charge in [0.1, 0.15) is 16.3 Å². The average molecular weight is 516 g/mol. The van der Waals surface area contributed by atoms with Gasteiger partial charge in [0.25, 0.3) is 5.56 Å². The molecule has 1 N–H and O–H groups in total. The van der Waals surface area contributed by atoms with Gasteiger partial charge >= 0.3 is 0 Å². The van der Waals surface area contributed by atoms with Crippen LogP contribution >= 0.6 is 22.9 Å². The van der Waals surface area contributed by atoms with E-state index in [2.05, 4.69) is 17.2 Å². The Morgan fingerprint density at radius 2 is 1.88 bits per heavy atom. The van der Waals surface area contributed by atoms with Crippen molar-refractivity contribution in [2.24, 2.45) is 0 Å². The molecule has 4 aromatic rings. The fraction of sp³-hybridized carbons (Fsp3) is 0.208. The quantitative estimate of drug-likeness (QED) is 0.352. The molecule has 2 aromatic heterocycles. The standard InChI is InChI=1S/C24H22ClN3O4S2/c1-2-11-26-17-5-8-20-21(13-17)27-15-28(24(20)30)18-6-3-16(4-7-18)12-19(29)14-34(31,32)23-10-9-22(25)33-23/h3-10,13,15,26H,2,11-12,14H2,1H3. The first kappa shape index (κ1) is 24.1. The van der Waals surface area contributed by atoms with Crippen LogP contribution in [0.25, 0.3) is 16.6 Å². The number of nitrogens with zero attached hydrogens (tertiary/aromatic N) is 2. The first-order valence-corrected chi connectivity index (χ1v) is 13.5. The van der Waals surface area contributed by atoms with E-state index in [0.29, 0.717) is 26.5 Å². The Kier molecular flexibility index (Phi) is 7.16. The molecule has 0 spiro atoms. The molecule has 0 saturated heterocycles. The van der Waals surface area contributed by atoms with Crippen molar-refractivity contribution in [2.45, 2.75) is 24.0 Å². The lowest BCUT2D eigenvalue weighted by molar-refractivity contribution is -0.116. The van der Waals surface area contributed by atoms with Crippen LogP contribution in [0.15, 0.2) is 69.9 Å². The number of hydrogen-bond acceptors (Lipinski definition) is 7. The van der Waals surface area contributed by atoms with Gasteiger partial charge in [-0.25, -0.2) is 13.4 Å². The minimum Gasteiger partial charge on any atom is -0.385 e. The molecule has 0 unspecified atom stereocenters. The number of thiophene rings is 1. The second kappa shape index (κ2) is 10.1. The predicted octanol–water partition coefficient (Wildman–Crippen LogP) is 4.51. The Morgan fingerprint density at radius 1 is 1.12 bits per heavy atom. The number of hydrogen-bond donors (Lipinski definition) is 1. The maximum Gasteiger partial charge on any atom is 0.265 e. The largest absolute Gasteiger partial charge is 0.385 e. The summed E-state index contributed by atoms with van der Waals surface area (Å²) in [5.74, 6) is -1.01. The number of sulfone groups is 1. The van der Waals surface area contributed by atoms with Crippen molar-refractivity contribution in [3.63, 3.8) is 0 Å². The number of fused-ring (bicyclic) bond motifs is 1. The summed E-state index contributed by atoms with van der Waals surface area (Å²) in [4.78, 5) is 29.8. The summed E-state index contributed by atoms with van der Waals surface area (Å²) >= 11 is 6.74. The van der Waals surface area contributed by atoms with Gasteiger partial charge in [0.05, 0.1) is 20.9 Å². The van der Waals surface area contributed by atoms with E-state index < -0.39 is 21.4 Å². The van der Waals surface area contributed by atoms with E-state index in [0.717, 1.165) is 30.0 Å². The molecule has 10 heteroatoms. The van der Waals surface area contributed by atoms with Crippen molar-refractivity contribution in [1.29, 1.82) is 0 Å². The molecule has 2 heterocycles. The van der Waals surface area contributed by atoms with Crippen molar-refractivity contribution in [2.75, 3.05) is 17.6 Å². The lowest BCUT2D eigenvalue weighted by Gasteiger charge is -2.09. The molecule has 7 nitrogen and oxygen atoms in total. The van der Waals surface area contributed by atoms with Gasteiger partial charge in [-0.15, -0.1) is 11.3 Å². The number of carbonyl (C=O) groups is 1. The molecule has 4 rings (SSSR count). The summed E-state index contributed by atoms with van der Waals surface area (Å²) in [7, 11) is -3.72. The van der Waals surface area contributed by atoms with Crippen LogP contribution in [0.1, 0.15) is 18.9 Å². The number of rotatable bonds is 9. The second-order valence-electron chi connectivity index (χ2n) is 7.78. The van der Waals surface area contributed by atoms with Crippen molar-refractivity contribution >= 4 is 55.1 Å². The molecule has 0 aliphatic heterocycles. The summed E-state index contributed by atoms with van der Waals surface area (Å²) in [6.45, 7) is 2.92. The van der Waals surface area contributed by atoms with E-state index in [1.54, 1.807) is 30.3 Å². The monoisotopic (exact) mass is 515 g/mol. The molecule has 0 atom stereocenters. The third-order valence-electron chi connectivity index (χ3n) is 5.16. The second-order valence-corrected chi connectivity index (χ2v) is 11.7. The summed E-state index contributed by atoms with van der Waals surface area (Å²) in [6, 6.07) is 15.2. The number of ketones is 1. The Balaban J connectivity index is 1.49. The number of Topliss-reactive ketones (excluding diaryl/α,β-unsaturated/α-hetero) is 1. The summed E-state index contributed by atoms with van der Waals surface area (Å²) in [6.07, 6.45) is 2.44. The molecule has 0 radical (unpaired) electrons. The molecule has 34 heavy (non-hydrogen) atoms. The van der Waals surface area contributed by atoms with Gasteiger partial charge in [0.15, 0.2) is 15.6 Å². The number of aromatic nitrogens is 2. The fourth-order valence-electron chi connectivity index (χ4n) is 3.49. The van der Waals surface area contributed by atoms with E-state index in [4.69, 9.17) is 11.6 Å². The summed E-state index contributed by atoms with van der Waals surface area (Å²) < 4.78 is 26.6. The number of halogens is 1. The average Bonchev–Trinajstić information content (AvgIpc) is 3.25. The van der Waals surface area contributed by atoms with Crippen molar-refractivity contribution in [3.05, 3.63) is 81.2 Å². The van der Waals surface area contributed by atoms with Crippen molar-refractivity contribution in [1.82, 2.24) is 9.55 Å². The maximum absolute atomic E-state index is 13.0. The lowest BCUT2D eigenvalue weighted by Crippen LogP contribution is -2.19. The lowest BCUT2D eigenvalue weighted by atomic mass is 10.1. The highest BCUT2D eigenvalue weighted by Crippen LogP contribution is 2.26. The minimum atomic E-state index is -3.72. The van der Waals surface area contributed by atoms with Gasteiger partial charge in [-0.1, -0.05) is 30.7 Å². The fourth-order valence-corrected chi connectivity index (χ4v) is 6.30. The topological polar surface area (TPSA) is 98.1 Å². The molecular formula is C24H22ClN3O4S2. The zero-order valence-electron chi connectivity index (χ0n) is 18.3. The van der Waals surface area contributed by atoms with Gasteiger partial charge < -0.3 is 5.32 Å². The first-order valence-electron chi connectivity index (χ1n) is 10.6. The van der Waals surface area contributed by atoms with Crippen LogP contribution in [0.4, 0.5) is 5.69 Å². The van der Waals surface area contributed by atoms with Crippen LogP contribution in [0.2, 0.25) is 4.34 Å². The summed E-state index contributed by atoms with van der Waals surface area (Å²) in [5, 5.41) is 3.78. The molecule has 0 saturated carbocycles. The van der Waals surface area contributed by atoms with Gasteiger partial charge in [-0.2, -0.15) is 0 Å². The number of carbonyl (C=O) groups excluding carboxylic acids is 1. The Morgan fingerprint density at radius 3 is 2.56 bits per heavy atom. The highest BCUT2D eigenvalue weighted by Gasteiger charge is 2.21. The smallest absolute Gasteiger partial charge is 0.265 e. The number of benzene rings is 2.